The molecule has 1 saturated heterocycles. The molecule has 0 N–H and O–H groups in total. The van der Waals surface area contributed by atoms with Gasteiger partial charge < -0.3 is 14.0 Å². The number of rotatable bonds is 6. The van der Waals surface area contributed by atoms with Gasteiger partial charge in [0, 0.05) is 45.3 Å². The highest BCUT2D eigenvalue weighted by Crippen LogP contribution is 2.27. The highest BCUT2D eigenvalue weighted by Gasteiger charge is 2.32. The van der Waals surface area contributed by atoms with Crippen LogP contribution in [0.15, 0.2) is 29.6 Å². The third kappa shape index (κ3) is 4.06. The van der Waals surface area contributed by atoms with E-state index in [9.17, 15) is 8.42 Å². The fourth-order valence-corrected chi connectivity index (χ4v) is 4.87. The molecule has 1 aliphatic rings. The van der Waals surface area contributed by atoms with Crippen molar-refractivity contribution >= 4 is 21.6 Å². The summed E-state index contributed by atoms with van der Waals surface area (Å²) in [5, 5.41) is 0.0353. The van der Waals surface area contributed by atoms with Gasteiger partial charge in [-0.1, -0.05) is 11.6 Å². The molecule has 0 spiro atoms. The minimum absolute atomic E-state index is 0.0884. The minimum atomic E-state index is -3.69. The van der Waals surface area contributed by atoms with Crippen LogP contribution in [-0.2, 0) is 23.6 Å². The molecule has 0 atom stereocenters. The van der Waals surface area contributed by atoms with Crippen molar-refractivity contribution in [3.8, 4) is 11.5 Å². The predicted molar refractivity (Wildman–Crippen MR) is 102 cm³/mol. The number of benzene rings is 1. The van der Waals surface area contributed by atoms with Crippen molar-refractivity contribution in [3.63, 3.8) is 0 Å². The van der Waals surface area contributed by atoms with Gasteiger partial charge in [-0.05, 0) is 18.2 Å². The average Bonchev–Trinajstić information content (AvgIpc) is 3.01. The van der Waals surface area contributed by atoms with Crippen LogP contribution in [0.5, 0.6) is 11.5 Å². The van der Waals surface area contributed by atoms with Gasteiger partial charge in [0.25, 0.3) is 10.0 Å². The Balaban J connectivity index is 1.68. The lowest BCUT2D eigenvalue weighted by Crippen LogP contribution is -2.48. The van der Waals surface area contributed by atoms with E-state index in [0.717, 1.165) is 17.1 Å². The van der Waals surface area contributed by atoms with Crippen molar-refractivity contribution in [1.82, 2.24) is 18.8 Å². The largest absolute Gasteiger partial charge is 0.497 e. The normalized spacial score (nSPS) is 16.4. The molecular formula is C17H23ClN4O4S. The maximum Gasteiger partial charge on any atom is 0.263 e. The van der Waals surface area contributed by atoms with Crippen molar-refractivity contribution in [2.45, 2.75) is 11.6 Å². The van der Waals surface area contributed by atoms with Gasteiger partial charge in [-0.15, -0.1) is 0 Å². The summed E-state index contributed by atoms with van der Waals surface area (Å²) in [6.45, 7) is 2.61. The highest BCUT2D eigenvalue weighted by atomic mass is 35.5. The molecule has 0 amide bonds. The van der Waals surface area contributed by atoms with Gasteiger partial charge in [0.15, 0.2) is 0 Å². The summed E-state index contributed by atoms with van der Waals surface area (Å²) < 4.78 is 39.2. The van der Waals surface area contributed by atoms with E-state index in [1.165, 1.54) is 15.2 Å². The second kappa shape index (κ2) is 8.05. The van der Waals surface area contributed by atoms with Crippen molar-refractivity contribution in [2.75, 3.05) is 40.4 Å². The number of hydrogen-bond donors (Lipinski definition) is 0. The van der Waals surface area contributed by atoms with Crippen molar-refractivity contribution < 1.29 is 17.9 Å². The lowest BCUT2D eigenvalue weighted by Gasteiger charge is -2.33. The van der Waals surface area contributed by atoms with E-state index in [0.29, 0.717) is 32.7 Å². The molecule has 0 bridgehead atoms. The predicted octanol–water partition coefficient (Wildman–Crippen LogP) is 1.60. The first-order valence-electron chi connectivity index (χ1n) is 8.47. The molecule has 0 saturated carbocycles. The molecule has 2 aromatic rings. The van der Waals surface area contributed by atoms with Crippen molar-refractivity contribution in [1.29, 1.82) is 0 Å². The second-order valence-electron chi connectivity index (χ2n) is 6.31. The van der Waals surface area contributed by atoms with E-state index in [1.807, 2.05) is 18.2 Å². The van der Waals surface area contributed by atoms with Crippen LogP contribution < -0.4 is 9.47 Å². The number of aryl methyl sites for hydroxylation is 1. The molecule has 1 aromatic carbocycles. The molecule has 0 radical (unpaired) electrons. The number of sulfonamides is 1. The minimum Gasteiger partial charge on any atom is -0.497 e. The molecule has 2 heterocycles. The molecule has 0 aliphatic carbocycles. The van der Waals surface area contributed by atoms with Crippen LogP contribution in [0.25, 0.3) is 0 Å². The zero-order valence-electron chi connectivity index (χ0n) is 15.6. The van der Waals surface area contributed by atoms with Crippen LogP contribution >= 0.6 is 11.6 Å². The summed E-state index contributed by atoms with van der Waals surface area (Å²) in [5.41, 5.74) is 1.00. The smallest absolute Gasteiger partial charge is 0.263 e. The maximum absolute atomic E-state index is 12.8. The first-order valence-corrected chi connectivity index (χ1v) is 10.3. The molecule has 10 heteroatoms. The zero-order valence-corrected chi connectivity index (χ0v) is 17.1. The van der Waals surface area contributed by atoms with Crippen LogP contribution in [0.1, 0.15) is 5.56 Å². The number of halogens is 1. The first-order chi connectivity index (χ1) is 12.9. The quantitative estimate of drug-likeness (QED) is 0.714. The molecule has 8 nitrogen and oxygen atoms in total. The summed E-state index contributed by atoms with van der Waals surface area (Å²) in [7, 11) is 1.22. The van der Waals surface area contributed by atoms with E-state index in [1.54, 1.807) is 21.3 Å². The molecule has 27 heavy (non-hydrogen) atoms. The second-order valence-corrected chi connectivity index (χ2v) is 8.52. The van der Waals surface area contributed by atoms with Crippen molar-refractivity contribution in [3.05, 3.63) is 35.2 Å². The number of aromatic nitrogens is 2. The maximum atomic E-state index is 12.8. The Morgan fingerprint density at radius 2 is 1.85 bits per heavy atom. The van der Waals surface area contributed by atoms with E-state index in [2.05, 4.69) is 9.88 Å². The van der Waals surface area contributed by atoms with Crippen LogP contribution in [0, 0.1) is 0 Å². The Bertz CT molecular complexity index is 908. The third-order valence-electron chi connectivity index (χ3n) is 4.63. The number of nitrogens with zero attached hydrogens (tertiary/aromatic N) is 4. The van der Waals surface area contributed by atoms with Gasteiger partial charge in [-0.3, -0.25) is 4.90 Å². The van der Waals surface area contributed by atoms with Crippen LogP contribution in [0.2, 0.25) is 5.15 Å². The fourth-order valence-electron chi connectivity index (χ4n) is 3.06. The lowest BCUT2D eigenvalue weighted by atomic mass is 10.1. The molecule has 0 unspecified atom stereocenters. The lowest BCUT2D eigenvalue weighted by molar-refractivity contribution is 0.179. The molecule has 148 valence electrons. The van der Waals surface area contributed by atoms with Gasteiger partial charge in [0.1, 0.15) is 16.7 Å². The standard InChI is InChI=1S/C17H23ClN4O4S/c1-20-12-19-17(16(20)18)27(23,24)22-8-6-21(7-9-22)11-13-10-14(25-2)4-5-15(13)26-3/h4-5,10,12H,6-9,11H2,1-3H3. The topological polar surface area (TPSA) is 76.9 Å². The Morgan fingerprint density at radius 1 is 1.15 bits per heavy atom. The fraction of sp³-hybridized carbons (Fsp3) is 0.471. The van der Waals surface area contributed by atoms with E-state index < -0.39 is 10.0 Å². The number of piperazine rings is 1. The van der Waals surface area contributed by atoms with Gasteiger partial charge in [-0.25, -0.2) is 13.4 Å². The summed E-state index contributed by atoms with van der Waals surface area (Å²) in [4.78, 5) is 6.13. The number of ether oxygens (including phenoxy) is 2. The molecule has 3 rings (SSSR count). The summed E-state index contributed by atoms with van der Waals surface area (Å²) >= 11 is 6.07. The SMILES string of the molecule is COc1ccc(OC)c(CN2CCN(S(=O)(=O)c3ncn(C)c3Cl)CC2)c1. The monoisotopic (exact) mass is 414 g/mol. The highest BCUT2D eigenvalue weighted by molar-refractivity contribution is 7.89. The van der Waals surface area contributed by atoms with Crippen molar-refractivity contribution in [2.24, 2.45) is 7.05 Å². The Labute approximate surface area is 164 Å². The molecule has 1 aromatic heterocycles. The average molecular weight is 415 g/mol. The zero-order chi connectivity index (χ0) is 19.6. The number of hydrogen-bond acceptors (Lipinski definition) is 6. The first kappa shape index (κ1) is 19.9. The van der Waals surface area contributed by atoms with E-state index in [4.69, 9.17) is 21.1 Å². The molecule has 1 fully saturated rings. The summed E-state index contributed by atoms with van der Waals surface area (Å²) in [6, 6.07) is 5.66. The van der Waals surface area contributed by atoms with Gasteiger partial charge in [0.2, 0.25) is 5.03 Å². The van der Waals surface area contributed by atoms with Crippen LogP contribution in [0.3, 0.4) is 0 Å². The van der Waals surface area contributed by atoms with E-state index >= 15 is 0 Å². The van der Waals surface area contributed by atoms with E-state index in [-0.39, 0.29) is 10.2 Å². The van der Waals surface area contributed by atoms with Crippen LogP contribution in [-0.4, -0.2) is 67.6 Å². The van der Waals surface area contributed by atoms with Crippen LogP contribution in [0.4, 0.5) is 0 Å². The number of methoxy groups -OCH3 is 2. The molecular weight excluding hydrogens is 392 g/mol. The Kier molecular flexibility index (Phi) is 5.95. The van der Waals surface area contributed by atoms with Gasteiger partial charge in [0.05, 0.1) is 20.5 Å². The van der Waals surface area contributed by atoms with Gasteiger partial charge >= 0.3 is 0 Å². The number of imidazole rings is 1. The summed E-state index contributed by atoms with van der Waals surface area (Å²) in [5.74, 6) is 1.54. The molecule has 1 aliphatic heterocycles. The Morgan fingerprint density at radius 3 is 2.41 bits per heavy atom. The summed E-state index contributed by atoms with van der Waals surface area (Å²) in [6.07, 6.45) is 1.40. The van der Waals surface area contributed by atoms with Gasteiger partial charge in [-0.2, -0.15) is 4.31 Å². The Hall–Kier alpha value is -1.81. The third-order valence-corrected chi connectivity index (χ3v) is 7.02.